The molecule has 0 heterocycles. The topological polar surface area (TPSA) is 58.2 Å². The van der Waals surface area contributed by atoms with Crippen molar-refractivity contribution in [1.82, 2.24) is 10.9 Å². The number of halogens is 1. The fraction of sp³-hybridized carbons (Fsp3) is 0.125. The number of nitrogens with one attached hydrogen (secondary N) is 2. The number of carbonyl (C=O) groups excluding carboxylic acids is 2. The molecule has 0 fully saturated rings. The number of hydrazine groups is 1. The van der Waals surface area contributed by atoms with E-state index in [1.807, 2.05) is 19.1 Å². The molecule has 0 aliphatic heterocycles. The van der Waals surface area contributed by atoms with Crippen molar-refractivity contribution in [2.75, 3.05) is 0 Å². The molecule has 2 rings (SSSR count). The Labute approximate surface area is 122 Å². The van der Waals surface area contributed by atoms with E-state index < -0.39 is 17.6 Å². The zero-order valence-electron chi connectivity index (χ0n) is 11.5. The van der Waals surface area contributed by atoms with Crippen molar-refractivity contribution in [3.63, 3.8) is 0 Å². The van der Waals surface area contributed by atoms with Gasteiger partial charge in [0.15, 0.2) is 0 Å². The second-order valence-corrected chi connectivity index (χ2v) is 4.44. The van der Waals surface area contributed by atoms with Gasteiger partial charge in [0.2, 0.25) is 0 Å². The lowest BCUT2D eigenvalue weighted by Crippen LogP contribution is -2.41. The first-order valence-electron chi connectivity index (χ1n) is 6.56. The van der Waals surface area contributed by atoms with Crippen LogP contribution in [0.4, 0.5) is 4.39 Å². The van der Waals surface area contributed by atoms with Crippen LogP contribution >= 0.6 is 0 Å². The van der Waals surface area contributed by atoms with Gasteiger partial charge in [0, 0.05) is 5.56 Å². The molecule has 4 nitrogen and oxygen atoms in total. The maximum Gasteiger partial charge on any atom is 0.272 e. The van der Waals surface area contributed by atoms with Crippen molar-refractivity contribution in [3.8, 4) is 0 Å². The Bertz CT molecular complexity index is 654. The van der Waals surface area contributed by atoms with Crippen LogP contribution in [0.25, 0.3) is 0 Å². The molecule has 2 aromatic rings. The summed E-state index contributed by atoms with van der Waals surface area (Å²) in [5.74, 6) is -1.80. The number of amides is 2. The number of rotatable bonds is 3. The Hall–Kier alpha value is -2.69. The van der Waals surface area contributed by atoms with Crippen LogP contribution in [-0.4, -0.2) is 11.8 Å². The minimum atomic E-state index is -0.702. The first kappa shape index (κ1) is 14.7. The van der Waals surface area contributed by atoms with Gasteiger partial charge < -0.3 is 0 Å². The smallest absolute Gasteiger partial charge is 0.267 e. The Morgan fingerprint density at radius 2 is 1.57 bits per heavy atom. The highest BCUT2D eigenvalue weighted by Crippen LogP contribution is 2.06. The fourth-order valence-corrected chi connectivity index (χ4v) is 1.79. The van der Waals surface area contributed by atoms with E-state index in [0.717, 1.165) is 12.0 Å². The van der Waals surface area contributed by atoms with E-state index in [2.05, 4.69) is 10.9 Å². The molecule has 108 valence electrons. The van der Waals surface area contributed by atoms with Gasteiger partial charge in [0.25, 0.3) is 11.8 Å². The molecule has 0 aliphatic carbocycles. The first-order chi connectivity index (χ1) is 10.1. The highest BCUT2D eigenvalue weighted by Gasteiger charge is 2.12. The van der Waals surface area contributed by atoms with E-state index in [4.69, 9.17) is 0 Å². The minimum Gasteiger partial charge on any atom is -0.267 e. The summed E-state index contributed by atoms with van der Waals surface area (Å²) in [7, 11) is 0. The molecule has 0 spiro atoms. The van der Waals surface area contributed by atoms with Gasteiger partial charge in [-0.25, -0.2) is 4.39 Å². The normalized spacial score (nSPS) is 10.0. The molecular weight excluding hydrogens is 271 g/mol. The number of hydrogen-bond acceptors (Lipinski definition) is 2. The standard InChI is InChI=1S/C16H15FN2O2/c1-2-11-7-9-12(10-8-11)15(20)18-19-16(21)13-5-3-4-6-14(13)17/h3-10H,2H2,1H3,(H,18,20)(H,19,21). The van der Waals surface area contributed by atoms with Gasteiger partial charge in [0.1, 0.15) is 5.82 Å². The molecule has 0 saturated heterocycles. The maximum atomic E-state index is 13.4. The highest BCUT2D eigenvalue weighted by molar-refractivity contribution is 5.99. The predicted octanol–water partition coefficient (Wildman–Crippen LogP) is 2.46. The second-order valence-electron chi connectivity index (χ2n) is 4.44. The van der Waals surface area contributed by atoms with Crippen molar-refractivity contribution in [2.24, 2.45) is 0 Å². The van der Waals surface area contributed by atoms with Crippen LogP contribution in [-0.2, 0) is 6.42 Å². The van der Waals surface area contributed by atoms with E-state index in [0.29, 0.717) is 5.56 Å². The lowest BCUT2D eigenvalue weighted by molar-refractivity contribution is 0.0844. The van der Waals surface area contributed by atoms with Crippen molar-refractivity contribution < 1.29 is 14.0 Å². The molecule has 2 aromatic carbocycles. The monoisotopic (exact) mass is 286 g/mol. The van der Waals surface area contributed by atoms with Crippen LogP contribution in [0.15, 0.2) is 48.5 Å². The Morgan fingerprint density at radius 1 is 0.952 bits per heavy atom. The van der Waals surface area contributed by atoms with E-state index in [9.17, 15) is 14.0 Å². The largest absolute Gasteiger partial charge is 0.272 e. The summed E-state index contributed by atoms with van der Waals surface area (Å²) in [6.45, 7) is 2.02. The SMILES string of the molecule is CCc1ccc(C(=O)NNC(=O)c2ccccc2F)cc1. The fourth-order valence-electron chi connectivity index (χ4n) is 1.79. The molecule has 0 radical (unpaired) electrons. The van der Waals surface area contributed by atoms with Crippen LogP contribution < -0.4 is 10.9 Å². The van der Waals surface area contributed by atoms with Gasteiger partial charge in [-0.3, -0.25) is 20.4 Å². The van der Waals surface area contributed by atoms with Gasteiger partial charge >= 0.3 is 0 Å². The summed E-state index contributed by atoms with van der Waals surface area (Å²) >= 11 is 0. The lowest BCUT2D eigenvalue weighted by atomic mass is 10.1. The summed E-state index contributed by atoms with van der Waals surface area (Å²) < 4.78 is 13.4. The molecule has 0 saturated carbocycles. The number of aryl methyl sites for hydroxylation is 1. The number of benzene rings is 2. The summed E-state index contributed by atoms with van der Waals surface area (Å²) in [5.41, 5.74) is 5.85. The van der Waals surface area contributed by atoms with E-state index in [-0.39, 0.29) is 5.56 Å². The summed E-state index contributed by atoms with van der Waals surface area (Å²) in [5, 5.41) is 0. The molecule has 0 aromatic heterocycles. The highest BCUT2D eigenvalue weighted by atomic mass is 19.1. The van der Waals surface area contributed by atoms with Gasteiger partial charge in [-0.1, -0.05) is 31.2 Å². The average molecular weight is 286 g/mol. The van der Waals surface area contributed by atoms with Crippen LogP contribution in [0, 0.1) is 5.82 Å². The first-order valence-corrected chi connectivity index (χ1v) is 6.56. The van der Waals surface area contributed by atoms with Crippen molar-refractivity contribution in [3.05, 3.63) is 71.0 Å². The van der Waals surface area contributed by atoms with Crippen LogP contribution in [0.1, 0.15) is 33.2 Å². The van der Waals surface area contributed by atoms with Crippen LogP contribution in [0.5, 0.6) is 0 Å². The third kappa shape index (κ3) is 3.66. The zero-order chi connectivity index (χ0) is 15.2. The zero-order valence-corrected chi connectivity index (χ0v) is 11.5. The van der Waals surface area contributed by atoms with Crippen LogP contribution in [0.2, 0.25) is 0 Å². The predicted molar refractivity (Wildman–Crippen MR) is 77.2 cm³/mol. The molecule has 21 heavy (non-hydrogen) atoms. The van der Waals surface area contributed by atoms with E-state index >= 15 is 0 Å². The molecular formula is C16H15FN2O2. The van der Waals surface area contributed by atoms with Crippen LogP contribution in [0.3, 0.4) is 0 Å². The van der Waals surface area contributed by atoms with Crippen molar-refractivity contribution in [1.29, 1.82) is 0 Å². The Kier molecular flexibility index (Phi) is 4.66. The van der Waals surface area contributed by atoms with Gasteiger partial charge in [-0.05, 0) is 36.2 Å². The van der Waals surface area contributed by atoms with Crippen molar-refractivity contribution in [2.45, 2.75) is 13.3 Å². The molecule has 2 N–H and O–H groups in total. The van der Waals surface area contributed by atoms with Gasteiger partial charge in [0.05, 0.1) is 5.56 Å². The molecule has 0 atom stereocenters. The van der Waals surface area contributed by atoms with E-state index in [1.54, 1.807) is 18.2 Å². The molecule has 0 bridgehead atoms. The third-order valence-electron chi connectivity index (χ3n) is 3.03. The molecule has 5 heteroatoms. The molecule has 0 unspecified atom stereocenters. The Balaban J connectivity index is 1.97. The summed E-state index contributed by atoms with van der Waals surface area (Å²) in [4.78, 5) is 23.6. The van der Waals surface area contributed by atoms with Crippen molar-refractivity contribution >= 4 is 11.8 Å². The number of hydrogen-bond donors (Lipinski definition) is 2. The quantitative estimate of drug-likeness (QED) is 0.852. The van der Waals surface area contributed by atoms with Gasteiger partial charge in [-0.15, -0.1) is 0 Å². The third-order valence-corrected chi connectivity index (χ3v) is 3.03. The lowest BCUT2D eigenvalue weighted by Gasteiger charge is -2.08. The molecule has 2 amide bonds. The van der Waals surface area contributed by atoms with E-state index in [1.165, 1.54) is 18.2 Å². The summed E-state index contributed by atoms with van der Waals surface area (Å²) in [6, 6.07) is 12.6. The second kappa shape index (κ2) is 6.65. The minimum absolute atomic E-state index is 0.126. The van der Waals surface area contributed by atoms with Gasteiger partial charge in [-0.2, -0.15) is 0 Å². The Morgan fingerprint density at radius 3 is 2.19 bits per heavy atom. The average Bonchev–Trinajstić information content (AvgIpc) is 2.52. The number of carbonyl (C=O) groups is 2. The maximum absolute atomic E-state index is 13.4. The molecule has 0 aliphatic rings. The summed E-state index contributed by atoms with van der Waals surface area (Å²) in [6.07, 6.45) is 0.881.